The average molecular weight is 398 g/mol. The first-order valence-corrected chi connectivity index (χ1v) is 9.94. The summed E-state index contributed by atoms with van der Waals surface area (Å²) in [6.45, 7) is 8.29. The second-order valence-electron chi connectivity index (χ2n) is 8.76. The first-order valence-electron chi connectivity index (χ1n) is 9.94. The minimum absolute atomic E-state index is 0.196. The van der Waals surface area contributed by atoms with Gasteiger partial charge >= 0.3 is 12.1 Å². The molecule has 1 atom stereocenters. The van der Waals surface area contributed by atoms with Crippen molar-refractivity contribution in [2.45, 2.75) is 57.7 Å². The quantitative estimate of drug-likeness (QED) is 0.769. The summed E-state index contributed by atoms with van der Waals surface area (Å²) in [6, 6.07) is 4.10. The number of alkyl halides is 3. The number of hydrogen-bond acceptors (Lipinski definition) is 4. The van der Waals surface area contributed by atoms with E-state index in [4.69, 9.17) is 4.74 Å². The summed E-state index contributed by atoms with van der Waals surface area (Å²) in [5, 5.41) is 3.29. The highest BCUT2D eigenvalue weighted by atomic mass is 19.4. The number of carbonyl (C=O) groups excluding carboxylic acids is 1. The fourth-order valence-corrected chi connectivity index (χ4v) is 4.00. The molecule has 2 heterocycles. The second-order valence-corrected chi connectivity index (χ2v) is 8.76. The molecular formula is C21H29F3N2O2. The molecular weight excluding hydrogens is 369 g/mol. The van der Waals surface area contributed by atoms with Gasteiger partial charge in [0, 0.05) is 25.3 Å². The molecule has 1 aromatic carbocycles. The van der Waals surface area contributed by atoms with E-state index in [0.717, 1.165) is 25.1 Å². The SMILES string of the molecule is CC(C)(C)OC(=O)C1CCN(c2cc(C(F)(F)F)ccc2[C@@H]2CCNC2)CC1. The van der Waals surface area contributed by atoms with Gasteiger partial charge in [-0.2, -0.15) is 13.2 Å². The maximum atomic E-state index is 13.3. The molecule has 0 saturated carbocycles. The molecule has 2 fully saturated rings. The molecule has 1 N–H and O–H groups in total. The molecule has 7 heteroatoms. The van der Waals surface area contributed by atoms with Crippen molar-refractivity contribution in [1.82, 2.24) is 5.32 Å². The van der Waals surface area contributed by atoms with Gasteiger partial charge in [0.25, 0.3) is 0 Å². The maximum absolute atomic E-state index is 13.3. The highest BCUT2D eigenvalue weighted by molar-refractivity contribution is 5.73. The summed E-state index contributed by atoms with van der Waals surface area (Å²) in [6.07, 6.45) is -2.26. The minimum atomic E-state index is -4.37. The molecule has 4 nitrogen and oxygen atoms in total. The number of piperidine rings is 1. The molecule has 0 amide bonds. The van der Waals surface area contributed by atoms with Crippen molar-refractivity contribution in [3.63, 3.8) is 0 Å². The van der Waals surface area contributed by atoms with Crippen molar-refractivity contribution < 1.29 is 22.7 Å². The fourth-order valence-electron chi connectivity index (χ4n) is 4.00. The Morgan fingerprint density at radius 2 is 1.82 bits per heavy atom. The lowest BCUT2D eigenvalue weighted by Crippen LogP contribution is -2.39. The molecule has 0 radical (unpaired) electrons. The van der Waals surface area contributed by atoms with Crippen LogP contribution in [0.3, 0.4) is 0 Å². The van der Waals surface area contributed by atoms with Crippen LogP contribution in [0.5, 0.6) is 0 Å². The van der Waals surface area contributed by atoms with Crippen LogP contribution in [-0.4, -0.2) is 37.7 Å². The van der Waals surface area contributed by atoms with E-state index in [1.54, 1.807) is 6.07 Å². The van der Waals surface area contributed by atoms with Crippen LogP contribution >= 0.6 is 0 Å². The Kier molecular flexibility index (Phi) is 5.94. The van der Waals surface area contributed by atoms with Gasteiger partial charge in [-0.15, -0.1) is 0 Å². The van der Waals surface area contributed by atoms with Crippen LogP contribution in [0.15, 0.2) is 18.2 Å². The molecule has 3 rings (SSSR count). The van der Waals surface area contributed by atoms with Gasteiger partial charge < -0.3 is 15.0 Å². The lowest BCUT2D eigenvalue weighted by atomic mass is 9.91. The summed E-state index contributed by atoms with van der Waals surface area (Å²) >= 11 is 0. The van der Waals surface area contributed by atoms with Crippen LogP contribution in [0.25, 0.3) is 0 Å². The normalized spacial score (nSPS) is 21.8. The number of ether oxygens (including phenoxy) is 1. The number of carbonyl (C=O) groups is 1. The zero-order chi connectivity index (χ0) is 20.5. The summed E-state index contributed by atoms with van der Waals surface area (Å²) in [5.41, 5.74) is 0.476. The van der Waals surface area contributed by atoms with Crippen molar-refractivity contribution in [1.29, 1.82) is 0 Å². The Morgan fingerprint density at radius 3 is 2.36 bits per heavy atom. The van der Waals surface area contributed by atoms with Gasteiger partial charge in [0.15, 0.2) is 0 Å². The highest BCUT2D eigenvalue weighted by Crippen LogP contribution is 2.39. The Bertz CT molecular complexity index is 699. The molecule has 1 aromatic rings. The van der Waals surface area contributed by atoms with Gasteiger partial charge in [0.05, 0.1) is 11.5 Å². The monoisotopic (exact) mass is 398 g/mol. The lowest BCUT2D eigenvalue weighted by molar-refractivity contribution is -0.160. The highest BCUT2D eigenvalue weighted by Gasteiger charge is 2.34. The number of benzene rings is 1. The van der Waals surface area contributed by atoms with Gasteiger partial charge in [0.2, 0.25) is 0 Å². The van der Waals surface area contributed by atoms with Crippen molar-refractivity contribution in [2.24, 2.45) is 5.92 Å². The predicted octanol–water partition coefficient (Wildman–Crippen LogP) is 4.34. The molecule has 156 valence electrons. The summed E-state index contributed by atoms with van der Waals surface area (Å²) in [4.78, 5) is 14.3. The van der Waals surface area contributed by atoms with Crippen LogP contribution in [0.2, 0.25) is 0 Å². The van der Waals surface area contributed by atoms with E-state index in [9.17, 15) is 18.0 Å². The van der Waals surface area contributed by atoms with E-state index in [1.165, 1.54) is 12.1 Å². The lowest BCUT2D eigenvalue weighted by Gasteiger charge is -2.36. The van der Waals surface area contributed by atoms with Crippen LogP contribution in [-0.2, 0) is 15.7 Å². The number of rotatable bonds is 3. The molecule has 28 heavy (non-hydrogen) atoms. The van der Waals surface area contributed by atoms with E-state index >= 15 is 0 Å². The average Bonchev–Trinajstić information content (AvgIpc) is 3.13. The Hall–Kier alpha value is -1.76. The van der Waals surface area contributed by atoms with E-state index in [-0.39, 0.29) is 17.8 Å². The Labute approximate surface area is 164 Å². The molecule has 0 aliphatic carbocycles. The zero-order valence-corrected chi connectivity index (χ0v) is 16.7. The summed E-state index contributed by atoms with van der Waals surface area (Å²) in [7, 11) is 0. The first-order chi connectivity index (χ1) is 13.0. The molecule has 0 aromatic heterocycles. The number of anilines is 1. The molecule has 0 unspecified atom stereocenters. The van der Waals surface area contributed by atoms with Gasteiger partial charge in [-0.1, -0.05) is 6.07 Å². The van der Waals surface area contributed by atoms with Crippen LogP contribution in [0, 0.1) is 5.92 Å². The van der Waals surface area contributed by atoms with Crippen molar-refractivity contribution in [2.75, 3.05) is 31.1 Å². The number of nitrogens with one attached hydrogen (secondary N) is 1. The van der Waals surface area contributed by atoms with Crippen LogP contribution in [0.1, 0.15) is 57.1 Å². The number of halogens is 3. The van der Waals surface area contributed by atoms with Crippen molar-refractivity contribution in [3.05, 3.63) is 29.3 Å². The topological polar surface area (TPSA) is 41.6 Å². The molecule has 2 aliphatic heterocycles. The van der Waals surface area contributed by atoms with Crippen LogP contribution < -0.4 is 10.2 Å². The maximum Gasteiger partial charge on any atom is 0.416 e. The molecule has 2 saturated heterocycles. The van der Waals surface area contributed by atoms with E-state index in [2.05, 4.69) is 5.32 Å². The van der Waals surface area contributed by atoms with Gasteiger partial charge in [-0.05, 0) is 70.2 Å². The van der Waals surface area contributed by atoms with Crippen molar-refractivity contribution >= 4 is 11.7 Å². The summed E-state index contributed by atoms with van der Waals surface area (Å²) in [5.74, 6) is -0.185. The standard InChI is InChI=1S/C21H29F3N2O2/c1-20(2,3)28-19(27)14-7-10-26(11-8-14)18-12-16(21(22,23)24)4-5-17(18)15-6-9-25-13-15/h4-5,12,14-15,25H,6-11,13H2,1-3H3/t15-/m1/s1. The fraction of sp³-hybridized carbons (Fsp3) is 0.667. The predicted molar refractivity (Wildman–Crippen MR) is 102 cm³/mol. The van der Waals surface area contributed by atoms with Gasteiger partial charge in [-0.25, -0.2) is 0 Å². The largest absolute Gasteiger partial charge is 0.460 e. The van der Waals surface area contributed by atoms with Gasteiger partial charge in [-0.3, -0.25) is 4.79 Å². The second kappa shape index (κ2) is 7.93. The van der Waals surface area contributed by atoms with E-state index in [1.807, 2.05) is 25.7 Å². The molecule has 2 aliphatic rings. The third kappa shape index (κ3) is 4.99. The third-order valence-electron chi connectivity index (χ3n) is 5.43. The van der Waals surface area contributed by atoms with E-state index < -0.39 is 17.3 Å². The van der Waals surface area contributed by atoms with E-state index in [0.29, 0.717) is 31.6 Å². The first kappa shape index (κ1) is 21.0. The smallest absolute Gasteiger partial charge is 0.416 e. The molecule has 0 spiro atoms. The van der Waals surface area contributed by atoms with Gasteiger partial charge in [0.1, 0.15) is 5.60 Å². The number of esters is 1. The Balaban J connectivity index is 1.78. The summed E-state index contributed by atoms with van der Waals surface area (Å²) < 4.78 is 45.3. The van der Waals surface area contributed by atoms with Crippen LogP contribution in [0.4, 0.5) is 18.9 Å². The number of nitrogens with zero attached hydrogens (tertiary/aromatic N) is 1. The van der Waals surface area contributed by atoms with Crippen molar-refractivity contribution in [3.8, 4) is 0 Å². The number of hydrogen-bond donors (Lipinski definition) is 1. The zero-order valence-electron chi connectivity index (χ0n) is 16.7. The Morgan fingerprint density at radius 1 is 1.14 bits per heavy atom. The third-order valence-corrected chi connectivity index (χ3v) is 5.43. The molecule has 0 bridgehead atoms. The minimum Gasteiger partial charge on any atom is -0.460 e.